The molecule has 0 radical (unpaired) electrons. The Kier molecular flexibility index (Phi) is 6.76. The van der Waals surface area contributed by atoms with Crippen molar-refractivity contribution in [3.05, 3.63) is 41.4 Å². The highest BCUT2D eigenvalue weighted by Gasteiger charge is 2.58. The third-order valence-corrected chi connectivity index (χ3v) is 8.82. The fourth-order valence-electron chi connectivity index (χ4n) is 4.99. The molecule has 3 saturated carbocycles. The summed E-state index contributed by atoms with van der Waals surface area (Å²) in [6.07, 6.45) is 8.48. The van der Waals surface area contributed by atoms with Crippen LogP contribution in [0.25, 0.3) is 0 Å². The van der Waals surface area contributed by atoms with Crippen LogP contribution >= 0.6 is 11.6 Å². The minimum Gasteiger partial charge on any atom is -0.481 e. The average Bonchev–Trinajstić information content (AvgIpc) is 2.64. The van der Waals surface area contributed by atoms with Gasteiger partial charge >= 0.3 is 5.97 Å². The van der Waals surface area contributed by atoms with E-state index in [2.05, 4.69) is 24.6 Å². The molecular formula is C22H30ClNO4S. The lowest BCUT2D eigenvalue weighted by atomic mass is 9.45. The maximum absolute atomic E-state index is 13.1. The molecule has 1 aromatic carbocycles. The number of aliphatic carboxylic acids is 1. The maximum Gasteiger partial charge on any atom is 0.303 e. The van der Waals surface area contributed by atoms with Crippen molar-refractivity contribution in [2.75, 3.05) is 0 Å². The van der Waals surface area contributed by atoms with Gasteiger partial charge in [-0.15, -0.1) is 0 Å². The van der Waals surface area contributed by atoms with Gasteiger partial charge in [0.2, 0.25) is 10.0 Å². The number of carboxylic acids is 1. The van der Waals surface area contributed by atoms with Gasteiger partial charge in [0.1, 0.15) is 4.90 Å². The Morgan fingerprint density at radius 1 is 1.28 bits per heavy atom. The lowest BCUT2D eigenvalue weighted by Gasteiger charge is -2.62. The lowest BCUT2D eigenvalue weighted by Crippen LogP contribution is -2.63. The van der Waals surface area contributed by atoms with Crippen LogP contribution in [0.4, 0.5) is 0 Å². The van der Waals surface area contributed by atoms with Gasteiger partial charge in [0, 0.05) is 12.5 Å². The van der Waals surface area contributed by atoms with E-state index in [1.807, 2.05) is 6.08 Å². The Bertz CT molecular complexity index is 881. The van der Waals surface area contributed by atoms with E-state index in [4.69, 9.17) is 16.7 Å². The van der Waals surface area contributed by atoms with Gasteiger partial charge in [-0.05, 0) is 67.4 Å². The van der Waals surface area contributed by atoms with E-state index in [0.717, 1.165) is 25.7 Å². The van der Waals surface area contributed by atoms with E-state index in [0.29, 0.717) is 18.3 Å². The summed E-state index contributed by atoms with van der Waals surface area (Å²) < 4.78 is 29.1. The Balaban J connectivity index is 1.71. The standard InChI is InChI=1S/C22H30ClNO4S/c1-22(2)16-13-15(9-5-3-4-6-12-20(25)26)21(17(22)14-16)24-29(27,28)19-11-8-7-10-18(19)23/h3,5,7-8,10-11,15-17,21,24H,4,6,9,12-14H2,1-2H3,(H,25,26)/b5-3+. The van der Waals surface area contributed by atoms with Gasteiger partial charge in [0.05, 0.1) is 5.02 Å². The number of hydrogen-bond donors (Lipinski definition) is 2. The number of carboxylic acid groups (broad SMARTS) is 1. The van der Waals surface area contributed by atoms with Gasteiger partial charge in [0.25, 0.3) is 0 Å². The zero-order chi connectivity index (χ0) is 21.2. The Labute approximate surface area is 178 Å². The molecule has 0 saturated heterocycles. The zero-order valence-corrected chi connectivity index (χ0v) is 18.5. The molecule has 4 atom stereocenters. The highest BCUT2D eigenvalue weighted by molar-refractivity contribution is 7.89. The average molecular weight is 440 g/mol. The first-order chi connectivity index (χ1) is 13.6. The molecule has 4 rings (SSSR count). The van der Waals surface area contributed by atoms with Gasteiger partial charge in [0.15, 0.2) is 0 Å². The van der Waals surface area contributed by atoms with E-state index in [-0.39, 0.29) is 33.7 Å². The summed E-state index contributed by atoms with van der Waals surface area (Å²) in [6.45, 7) is 4.47. The summed E-state index contributed by atoms with van der Waals surface area (Å²) in [5, 5.41) is 8.95. The van der Waals surface area contributed by atoms with Crippen LogP contribution in [0.3, 0.4) is 0 Å². The van der Waals surface area contributed by atoms with Crippen LogP contribution in [-0.4, -0.2) is 25.5 Å². The summed E-state index contributed by atoms with van der Waals surface area (Å²) in [5.74, 6) is 0.393. The molecule has 0 aliphatic heterocycles. The van der Waals surface area contributed by atoms with E-state index in [1.54, 1.807) is 24.3 Å². The number of hydrogen-bond acceptors (Lipinski definition) is 3. The fourth-order valence-corrected chi connectivity index (χ4v) is 6.86. The number of nitrogens with one attached hydrogen (secondary N) is 1. The van der Waals surface area contributed by atoms with Gasteiger partial charge in [-0.3, -0.25) is 4.79 Å². The summed E-state index contributed by atoms with van der Waals surface area (Å²) in [6, 6.07) is 6.42. The first-order valence-electron chi connectivity index (χ1n) is 10.3. The van der Waals surface area contributed by atoms with Crippen molar-refractivity contribution in [3.8, 4) is 0 Å². The highest BCUT2D eigenvalue weighted by atomic mass is 35.5. The molecule has 0 amide bonds. The number of halogens is 1. The van der Waals surface area contributed by atoms with E-state index >= 15 is 0 Å². The molecule has 0 heterocycles. The predicted octanol–water partition coefficient (Wildman–Crippen LogP) is 4.87. The Morgan fingerprint density at radius 2 is 2.00 bits per heavy atom. The first kappa shape index (κ1) is 22.3. The summed E-state index contributed by atoms with van der Waals surface area (Å²) >= 11 is 6.15. The second-order valence-corrected chi connectivity index (χ2v) is 11.0. The van der Waals surface area contributed by atoms with Crippen LogP contribution in [0.1, 0.15) is 52.4 Å². The van der Waals surface area contributed by atoms with Crippen molar-refractivity contribution < 1.29 is 18.3 Å². The fraction of sp³-hybridized carbons (Fsp3) is 0.591. The van der Waals surface area contributed by atoms with Crippen LogP contribution in [0, 0.1) is 23.2 Å². The van der Waals surface area contributed by atoms with Crippen molar-refractivity contribution in [2.45, 2.75) is 63.3 Å². The number of sulfonamides is 1. The number of unbranched alkanes of at least 4 members (excludes halogenated alkanes) is 1. The topological polar surface area (TPSA) is 83.5 Å². The minimum absolute atomic E-state index is 0.125. The largest absolute Gasteiger partial charge is 0.481 e. The van der Waals surface area contributed by atoms with Crippen molar-refractivity contribution in [3.63, 3.8) is 0 Å². The Morgan fingerprint density at radius 3 is 2.66 bits per heavy atom. The molecule has 5 nitrogen and oxygen atoms in total. The van der Waals surface area contributed by atoms with E-state index in [9.17, 15) is 13.2 Å². The van der Waals surface area contributed by atoms with Crippen LogP contribution in [-0.2, 0) is 14.8 Å². The summed E-state index contributed by atoms with van der Waals surface area (Å²) in [5.41, 5.74) is 0.134. The van der Waals surface area contributed by atoms with Gasteiger partial charge < -0.3 is 5.11 Å². The highest BCUT2D eigenvalue weighted by Crippen LogP contribution is 2.61. The molecule has 3 aliphatic rings. The third-order valence-electron chi connectivity index (χ3n) is 6.86. The molecule has 4 unspecified atom stereocenters. The van der Waals surface area contributed by atoms with Crippen LogP contribution in [0.5, 0.6) is 0 Å². The molecule has 1 aromatic rings. The molecule has 3 fully saturated rings. The molecule has 3 aliphatic carbocycles. The van der Waals surface area contributed by atoms with Crippen molar-refractivity contribution in [1.29, 1.82) is 0 Å². The number of benzene rings is 1. The van der Waals surface area contributed by atoms with Crippen LogP contribution in [0.2, 0.25) is 5.02 Å². The molecule has 29 heavy (non-hydrogen) atoms. The monoisotopic (exact) mass is 439 g/mol. The van der Waals surface area contributed by atoms with Crippen molar-refractivity contribution >= 4 is 27.6 Å². The van der Waals surface area contributed by atoms with E-state index < -0.39 is 16.0 Å². The number of rotatable bonds is 9. The predicted molar refractivity (Wildman–Crippen MR) is 114 cm³/mol. The van der Waals surface area contributed by atoms with Crippen LogP contribution in [0.15, 0.2) is 41.3 Å². The van der Waals surface area contributed by atoms with Gasteiger partial charge in [-0.1, -0.05) is 49.7 Å². The second-order valence-electron chi connectivity index (χ2n) is 8.93. The third kappa shape index (κ3) is 4.86. The molecular weight excluding hydrogens is 410 g/mol. The SMILES string of the molecule is CC1(C)C2CC(C/C=C/CCCC(=O)O)C(NS(=O)(=O)c3ccccc3Cl)C1C2. The number of allylic oxidation sites excluding steroid dienone is 2. The molecule has 0 spiro atoms. The summed E-state index contributed by atoms with van der Waals surface area (Å²) in [7, 11) is -3.70. The first-order valence-corrected chi connectivity index (χ1v) is 12.1. The lowest BCUT2D eigenvalue weighted by molar-refractivity contribution is -0.137. The molecule has 160 valence electrons. The van der Waals surface area contributed by atoms with Gasteiger partial charge in [-0.2, -0.15) is 0 Å². The molecule has 2 N–H and O–H groups in total. The van der Waals surface area contributed by atoms with Crippen molar-refractivity contribution in [2.24, 2.45) is 23.2 Å². The maximum atomic E-state index is 13.1. The normalized spacial score (nSPS) is 28.2. The van der Waals surface area contributed by atoms with E-state index in [1.165, 1.54) is 0 Å². The molecule has 0 aromatic heterocycles. The number of fused-ring (bicyclic) bond motifs is 2. The smallest absolute Gasteiger partial charge is 0.303 e. The number of carbonyl (C=O) groups is 1. The van der Waals surface area contributed by atoms with Crippen LogP contribution < -0.4 is 4.72 Å². The van der Waals surface area contributed by atoms with Crippen molar-refractivity contribution in [1.82, 2.24) is 4.72 Å². The molecule has 2 bridgehead atoms. The summed E-state index contributed by atoms with van der Waals surface area (Å²) in [4.78, 5) is 10.7. The second kappa shape index (κ2) is 8.78. The van der Waals surface area contributed by atoms with Gasteiger partial charge in [-0.25, -0.2) is 13.1 Å². The zero-order valence-electron chi connectivity index (χ0n) is 17.0. The molecule has 7 heteroatoms. The Hall–Kier alpha value is -1.37. The minimum atomic E-state index is -3.70. The quantitative estimate of drug-likeness (QED) is 0.424.